The fraction of sp³-hybridized carbons (Fsp3) is 0.846. The summed E-state index contributed by atoms with van der Waals surface area (Å²) in [6.45, 7) is 1.93. The van der Waals surface area contributed by atoms with Gasteiger partial charge in [0.2, 0.25) is 0 Å². The van der Waals surface area contributed by atoms with Crippen LogP contribution in [0.1, 0.15) is 168 Å². The summed E-state index contributed by atoms with van der Waals surface area (Å²) in [5, 5.41) is 28.0. The molecule has 0 aliphatic rings. The first-order chi connectivity index (χ1) is 24.6. The lowest BCUT2D eigenvalue weighted by Gasteiger charge is -2.21. The molecule has 0 radical (unpaired) electrons. The van der Waals surface area contributed by atoms with E-state index in [0.29, 0.717) is 12.8 Å². The third-order valence-corrected chi connectivity index (χ3v) is 9.43. The Labute approximate surface area is 309 Å². The van der Waals surface area contributed by atoms with Gasteiger partial charge in [0.05, 0.1) is 19.8 Å². The van der Waals surface area contributed by atoms with Crippen molar-refractivity contribution in [3.63, 3.8) is 0 Å². The summed E-state index contributed by atoms with van der Waals surface area (Å²) < 4.78 is 32.7. The molecule has 0 bridgehead atoms. The van der Waals surface area contributed by atoms with Gasteiger partial charge in [-0.25, -0.2) is 4.57 Å². The van der Waals surface area contributed by atoms with E-state index in [0.717, 1.165) is 38.5 Å². The van der Waals surface area contributed by atoms with Gasteiger partial charge in [-0.05, 0) is 64.2 Å². The average Bonchev–Trinajstić information content (AvgIpc) is 3.11. The van der Waals surface area contributed by atoms with Crippen LogP contribution in [0.3, 0.4) is 0 Å². The fourth-order valence-corrected chi connectivity index (χ4v) is 5.98. The first-order valence-electron chi connectivity index (χ1n) is 19.9. The molecular weight excluding hydrogens is 675 g/mol. The minimum absolute atomic E-state index is 0.126. The average molecular weight is 749 g/mol. The number of hydrogen-bond donors (Lipinski definition) is 4. The molecule has 0 aromatic rings. The van der Waals surface area contributed by atoms with E-state index in [1.807, 2.05) is 0 Å². The second kappa shape index (κ2) is 35.4. The maximum atomic E-state index is 12.6. The highest BCUT2D eigenvalue weighted by Crippen LogP contribution is 2.43. The number of allylic oxidation sites excluding steroid dienone is 4. The summed E-state index contributed by atoms with van der Waals surface area (Å²) in [5.74, 6) is -1.03. The van der Waals surface area contributed by atoms with Crippen LogP contribution in [0.25, 0.3) is 0 Å². The summed E-state index contributed by atoms with van der Waals surface area (Å²) in [7, 11) is -4.73. The Hall–Kier alpha value is -1.59. The van der Waals surface area contributed by atoms with Gasteiger partial charge in [-0.2, -0.15) is 0 Å². The molecule has 4 atom stereocenters. The van der Waals surface area contributed by atoms with Gasteiger partial charge in [-0.15, -0.1) is 0 Å². The molecule has 0 rings (SSSR count). The molecule has 0 aliphatic carbocycles. The molecule has 0 fully saturated rings. The Morgan fingerprint density at radius 1 is 0.569 bits per heavy atom. The minimum atomic E-state index is -4.73. The molecule has 51 heavy (non-hydrogen) atoms. The number of aliphatic hydroxyl groups excluding tert-OH is 3. The lowest BCUT2D eigenvalue weighted by Crippen LogP contribution is -2.33. The van der Waals surface area contributed by atoms with E-state index < -0.39 is 57.9 Å². The molecule has 0 heterocycles. The number of esters is 2. The quantitative estimate of drug-likeness (QED) is 0.0207. The monoisotopic (exact) mass is 748 g/mol. The highest BCUT2D eigenvalue weighted by Gasteiger charge is 2.28. The molecule has 0 saturated carbocycles. The minimum Gasteiger partial charge on any atom is -0.462 e. The highest BCUT2D eigenvalue weighted by molar-refractivity contribution is 7.47. The molecular formula is C39H73O11P. The molecule has 300 valence electrons. The van der Waals surface area contributed by atoms with Crippen molar-refractivity contribution in [3.8, 4) is 0 Å². The van der Waals surface area contributed by atoms with Crippen molar-refractivity contribution in [1.29, 1.82) is 0 Å². The Morgan fingerprint density at radius 3 is 1.45 bits per heavy atom. The van der Waals surface area contributed by atoms with Gasteiger partial charge in [-0.3, -0.25) is 18.6 Å². The molecule has 0 spiro atoms. The van der Waals surface area contributed by atoms with Gasteiger partial charge in [0.15, 0.2) is 6.10 Å². The van der Waals surface area contributed by atoms with E-state index in [4.69, 9.17) is 19.1 Å². The SMILES string of the molecule is CCCCCCCCCC=CCCCCC(=O)OC[C@H](COP(=O)(O)OC[C@@H](O)[C@H](O)CO)OC(=O)CCCC/C=C\CCCCCCCCC. The Bertz CT molecular complexity index is 927. The van der Waals surface area contributed by atoms with Crippen LogP contribution in [0.5, 0.6) is 0 Å². The maximum Gasteiger partial charge on any atom is 0.472 e. The lowest BCUT2D eigenvalue weighted by atomic mass is 10.1. The van der Waals surface area contributed by atoms with Crippen LogP contribution in [-0.4, -0.2) is 76.9 Å². The van der Waals surface area contributed by atoms with Crippen molar-refractivity contribution in [3.05, 3.63) is 24.3 Å². The van der Waals surface area contributed by atoms with E-state index in [2.05, 4.69) is 42.7 Å². The number of aliphatic hydroxyl groups is 3. The zero-order chi connectivity index (χ0) is 37.8. The maximum absolute atomic E-state index is 12.6. The van der Waals surface area contributed by atoms with Crippen LogP contribution in [0.2, 0.25) is 0 Å². The predicted octanol–water partition coefficient (Wildman–Crippen LogP) is 8.80. The largest absolute Gasteiger partial charge is 0.472 e. The van der Waals surface area contributed by atoms with Gasteiger partial charge < -0.3 is 29.7 Å². The number of hydrogen-bond acceptors (Lipinski definition) is 10. The molecule has 12 heteroatoms. The van der Waals surface area contributed by atoms with Crippen molar-refractivity contribution >= 4 is 19.8 Å². The third kappa shape index (κ3) is 34.0. The third-order valence-electron chi connectivity index (χ3n) is 8.48. The molecule has 1 unspecified atom stereocenters. The van der Waals surface area contributed by atoms with Crippen LogP contribution in [-0.2, 0) is 32.7 Å². The van der Waals surface area contributed by atoms with E-state index >= 15 is 0 Å². The van der Waals surface area contributed by atoms with Crippen molar-refractivity contribution in [2.75, 3.05) is 26.4 Å². The zero-order valence-corrected chi connectivity index (χ0v) is 32.8. The van der Waals surface area contributed by atoms with Gasteiger partial charge >= 0.3 is 19.8 Å². The van der Waals surface area contributed by atoms with E-state index in [1.165, 1.54) is 89.9 Å². The van der Waals surface area contributed by atoms with E-state index in [-0.39, 0.29) is 19.4 Å². The van der Waals surface area contributed by atoms with Crippen LogP contribution >= 0.6 is 7.82 Å². The summed E-state index contributed by atoms with van der Waals surface area (Å²) in [6, 6.07) is 0. The van der Waals surface area contributed by atoms with Crippen molar-refractivity contribution in [2.45, 2.75) is 186 Å². The second-order valence-corrected chi connectivity index (χ2v) is 14.9. The lowest BCUT2D eigenvalue weighted by molar-refractivity contribution is -0.161. The van der Waals surface area contributed by atoms with Crippen molar-refractivity contribution in [1.82, 2.24) is 0 Å². The topological polar surface area (TPSA) is 169 Å². The number of phosphoric ester groups is 1. The predicted molar refractivity (Wildman–Crippen MR) is 202 cm³/mol. The molecule has 0 aromatic carbocycles. The number of ether oxygens (including phenoxy) is 2. The fourth-order valence-electron chi connectivity index (χ4n) is 5.21. The standard InChI is InChI=1S/C39H73O11P/c1-3-5-7-9-11-13-15-17-19-21-23-25-27-29-38(43)47-32-35(33-48-51(45,46)49-34-37(42)36(41)31-40)50-39(44)30-28-26-24-22-20-18-16-14-12-10-8-6-4-2/h19-22,35-37,40-42H,3-18,23-34H2,1-2H3,(H,45,46)/b21-19?,22-20-/t35-,36-,37-/m1/s1. The van der Waals surface area contributed by atoms with Crippen molar-refractivity contribution in [2.24, 2.45) is 0 Å². The summed E-state index contributed by atoms with van der Waals surface area (Å²) in [5.41, 5.74) is 0. The molecule has 0 saturated heterocycles. The molecule has 0 amide bonds. The highest BCUT2D eigenvalue weighted by atomic mass is 31.2. The van der Waals surface area contributed by atoms with Gasteiger partial charge in [0.25, 0.3) is 0 Å². The van der Waals surface area contributed by atoms with Crippen LogP contribution < -0.4 is 0 Å². The van der Waals surface area contributed by atoms with Gasteiger partial charge in [-0.1, -0.05) is 115 Å². The number of unbranched alkanes of at least 4 members (excludes halogenated alkanes) is 18. The van der Waals surface area contributed by atoms with Crippen molar-refractivity contribution < 1.29 is 52.9 Å². The molecule has 0 aromatic heterocycles. The molecule has 0 aliphatic heterocycles. The van der Waals surface area contributed by atoms with Gasteiger partial charge in [0, 0.05) is 12.8 Å². The smallest absolute Gasteiger partial charge is 0.462 e. The zero-order valence-electron chi connectivity index (χ0n) is 31.9. The second-order valence-electron chi connectivity index (χ2n) is 13.4. The molecule has 4 N–H and O–H groups in total. The molecule has 11 nitrogen and oxygen atoms in total. The van der Waals surface area contributed by atoms with Crippen LogP contribution in [0.4, 0.5) is 0 Å². The summed E-state index contributed by atoms with van der Waals surface area (Å²) >= 11 is 0. The normalized spacial score (nSPS) is 14.9. The van der Waals surface area contributed by atoms with Gasteiger partial charge in [0.1, 0.15) is 18.8 Å². The number of phosphoric acid groups is 1. The first-order valence-corrected chi connectivity index (χ1v) is 21.4. The summed E-state index contributed by atoms with van der Waals surface area (Å²) in [6.07, 6.45) is 29.3. The Balaban J connectivity index is 4.55. The van der Waals surface area contributed by atoms with E-state index in [1.54, 1.807) is 0 Å². The Morgan fingerprint density at radius 2 is 0.980 bits per heavy atom. The van der Waals surface area contributed by atoms with Crippen LogP contribution in [0, 0.1) is 0 Å². The first kappa shape index (κ1) is 49.4. The Kier molecular flexibility index (Phi) is 34.3. The van der Waals surface area contributed by atoms with Crippen LogP contribution in [0.15, 0.2) is 24.3 Å². The summed E-state index contributed by atoms with van der Waals surface area (Å²) in [4.78, 5) is 34.9. The number of carbonyl (C=O) groups is 2. The number of rotatable bonds is 37. The number of carbonyl (C=O) groups excluding carboxylic acids is 2. The van der Waals surface area contributed by atoms with E-state index in [9.17, 15) is 29.3 Å².